The molecular formula is C56H40N2. The Morgan fingerprint density at radius 2 is 0.931 bits per heavy atom. The van der Waals surface area contributed by atoms with Gasteiger partial charge in [0.2, 0.25) is 0 Å². The minimum absolute atomic E-state index is 0.151. The summed E-state index contributed by atoms with van der Waals surface area (Å²) in [4.78, 5) is 2.55. The molecule has 1 aromatic heterocycles. The summed E-state index contributed by atoms with van der Waals surface area (Å²) in [6.45, 7) is 4.75. The van der Waals surface area contributed by atoms with Crippen molar-refractivity contribution in [2.24, 2.45) is 0 Å². The summed E-state index contributed by atoms with van der Waals surface area (Å²) in [7, 11) is 0. The van der Waals surface area contributed by atoms with Gasteiger partial charge in [-0.1, -0.05) is 190 Å². The van der Waals surface area contributed by atoms with Gasteiger partial charge in [0.05, 0.1) is 22.4 Å². The molecule has 0 aliphatic heterocycles. The standard InChI is InChI=1S/C56H40N2/c1-55(2)47-28-12-8-23-41(47)44-35-34-39(36-50(44)55)57(51-32-16-19-37-18-6-7-22-40(37)51)53-33-17-27-46-45-26-11-15-31-52(45)58(54(46)53)56(38-20-4-3-5-21-38)48-29-13-9-24-42(48)43-25-10-14-30-49(43)56/h3-36H,1-2H3. The minimum atomic E-state index is -0.669. The number of nitrogens with zero attached hydrogens (tertiary/aromatic N) is 2. The fourth-order valence-corrected chi connectivity index (χ4v) is 10.7. The molecule has 274 valence electrons. The first-order valence-electron chi connectivity index (χ1n) is 20.4. The van der Waals surface area contributed by atoms with Crippen LogP contribution in [0, 0.1) is 0 Å². The average Bonchev–Trinajstić information content (AvgIpc) is 3.86. The molecule has 0 fully saturated rings. The second-order valence-electron chi connectivity index (χ2n) is 16.4. The smallest absolute Gasteiger partial charge is 0.122 e. The van der Waals surface area contributed by atoms with Crippen molar-refractivity contribution in [3.05, 3.63) is 234 Å². The first kappa shape index (κ1) is 33.0. The Balaban J connectivity index is 1.25. The third-order valence-electron chi connectivity index (χ3n) is 13.2. The molecule has 12 rings (SSSR count). The van der Waals surface area contributed by atoms with Crippen molar-refractivity contribution < 1.29 is 0 Å². The molecular weight excluding hydrogens is 701 g/mol. The number of rotatable bonds is 5. The van der Waals surface area contributed by atoms with Crippen molar-refractivity contribution in [2.45, 2.75) is 24.8 Å². The van der Waals surface area contributed by atoms with Crippen LogP contribution in [0.5, 0.6) is 0 Å². The van der Waals surface area contributed by atoms with E-state index in [-0.39, 0.29) is 5.41 Å². The van der Waals surface area contributed by atoms with Gasteiger partial charge in [-0.3, -0.25) is 0 Å². The zero-order valence-corrected chi connectivity index (χ0v) is 32.5. The molecule has 0 bridgehead atoms. The van der Waals surface area contributed by atoms with Crippen LogP contribution < -0.4 is 4.90 Å². The Morgan fingerprint density at radius 1 is 0.397 bits per heavy atom. The second-order valence-corrected chi connectivity index (χ2v) is 16.4. The summed E-state index contributed by atoms with van der Waals surface area (Å²) < 4.78 is 2.69. The number of benzene rings is 9. The Labute approximate surface area is 338 Å². The maximum absolute atomic E-state index is 2.69. The van der Waals surface area contributed by atoms with Crippen molar-refractivity contribution in [3.8, 4) is 22.3 Å². The van der Waals surface area contributed by atoms with Crippen LogP contribution in [-0.2, 0) is 11.0 Å². The van der Waals surface area contributed by atoms with Gasteiger partial charge in [-0.25, -0.2) is 0 Å². The van der Waals surface area contributed by atoms with Crippen LogP contribution >= 0.6 is 0 Å². The van der Waals surface area contributed by atoms with Gasteiger partial charge in [0.1, 0.15) is 5.54 Å². The molecule has 10 aromatic rings. The van der Waals surface area contributed by atoms with Crippen LogP contribution in [0.4, 0.5) is 17.1 Å². The van der Waals surface area contributed by atoms with Crippen LogP contribution in [-0.4, -0.2) is 4.57 Å². The first-order chi connectivity index (χ1) is 28.6. The number of fused-ring (bicyclic) bond motifs is 10. The normalized spacial score (nSPS) is 14.3. The molecule has 9 aromatic carbocycles. The highest BCUT2D eigenvalue weighted by Crippen LogP contribution is 2.58. The molecule has 0 N–H and O–H groups in total. The predicted molar refractivity (Wildman–Crippen MR) is 243 cm³/mol. The van der Waals surface area contributed by atoms with Crippen molar-refractivity contribution in [1.82, 2.24) is 4.57 Å². The lowest BCUT2D eigenvalue weighted by molar-refractivity contribution is 0.564. The summed E-state index contributed by atoms with van der Waals surface area (Å²) in [6.07, 6.45) is 0. The monoisotopic (exact) mass is 740 g/mol. The lowest BCUT2D eigenvalue weighted by Crippen LogP contribution is -2.36. The summed E-state index contributed by atoms with van der Waals surface area (Å²) in [6, 6.07) is 76.9. The van der Waals surface area contributed by atoms with E-state index in [1.807, 2.05) is 0 Å². The molecule has 0 amide bonds. The van der Waals surface area contributed by atoms with Gasteiger partial charge in [0, 0.05) is 27.3 Å². The van der Waals surface area contributed by atoms with E-state index in [9.17, 15) is 0 Å². The molecule has 0 radical (unpaired) electrons. The average molecular weight is 741 g/mol. The molecule has 58 heavy (non-hydrogen) atoms. The van der Waals surface area contributed by atoms with Crippen molar-refractivity contribution >= 4 is 49.6 Å². The molecule has 2 nitrogen and oxygen atoms in total. The van der Waals surface area contributed by atoms with Crippen LogP contribution in [0.15, 0.2) is 206 Å². The summed E-state index contributed by atoms with van der Waals surface area (Å²) in [5.41, 5.74) is 16.7. The molecule has 0 saturated heterocycles. The van der Waals surface area contributed by atoms with E-state index in [4.69, 9.17) is 0 Å². The number of para-hydroxylation sites is 2. The highest BCUT2D eigenvalue weighted by atomic mass is 15.2. The fourth-order valence-electron chi connectivity index (χ4n) is 10.7. The third kappa shape index (κ3) is 4.32. The second kappa shape index (κ2) is 12.2. The maximum atomic E-state index is 2.69. The first-order valence-corrected chi connectivity index (χ1v) is 20.4. The van der Waals surface area contributed by atoms with Crippen molar-refractivity contribution in [2.75, 3.05) is 4.90 Å². The lowest BCUT2D eigenvalue weighted by atomic mass is 9.80. The maximum Gasteiger partial charge on any atom is 0.122 e. The van der Waals surface area contributed by atoms with Crippen molar-refractivity contribution in [1.29, 1.82) is 0 Å². The highest BCUT2D eigenvalue weighted by molar-refractivity contribution is 6.15. The molecule has 0 saturated carbocycles. The Bertz CT molecular complexity index is 3220. The largest absolute Gasteiger partial charge is 0.320 e. The zero-order valence-electron chi connectivity index (χ0n) is 32.5. The van der Waals surface area contributed by atoms with E-state index in [0.29, 0.717) is 0 Å². The SMILES string of the molecule is CC1(C)c2ccccc2-c2ccc(N(c3cccc4ccccc34)c3cccc4c5ccccc5n(C5(c6ccccc6)c6ccccc6-c6ccccc65)c34)cc21. The van der Waals surface area contributed by atoms with Gasteiger partial charge in [-0.15, -0.1) is 0 Å². The number of hydrogen-bond acceptors (Lipinski definition) is 1. The summed E-state index contributed by atoms with van der Waals surface area (Å²) >= 11 is 0. The van der Waals surface area contributed by atoms with Crippen LogP contribution in [0.1, 0.15) is 41.7 Å². The third-order valence-corrected chi connectivity index (χ3v) is 13.2. The van der Waals surface area contributed by atoms with Gasteiger partial charge >= 0.3 is 0 Å². The van der Waals surface area contributed by atoms with Gasteiger partial charge in [-0.05, 0) is 85.8 Å². The van der Waals surface area contributed by atoms with Gasteiger partial charge in [-0.2, -0.15) is 0 Å². The zero-order chi connectivity index (χ0) is 38.6. The molecule has 1 heterocycles. The van der Waals surface area contributed by atoms with Crippen molar-refractivity contribution in [3.63, 3.8) is 0 Å². The molecule has 0 atom stereocenters. The number of hydrogen-bond donors (Lipinski definition) is 0. The van der Waals surface area contributed by atoms with E-state index in [1.54, 1.807) is 0 Å². The molecule has 2 aliphatic carbocycles. The van der Waals surface area contributed by atoms with E-state index < -0.39 is 5.54 Å². The quantitative estimate of drug-likeness (QED) is 0.171. The molecule has 2 aliphatic rings. The van der Waals surface area contributed by atoms with E-state index in [2.05, 4.69) is 230 Å². The Hall–Kier alpha value is -7.16. The minimum Gasteiger partial charge on any atom is -0.320 e. The topological polar surface area (TPSA) is 8.17 Å². The molecule has 0 spiro atoms. The predicted octanol–water partition coefficient (Wildman–Crippen LogP) is 14.5. The van der Waals surface area contributed by atoms with Crippen LogP contribution in [0.3, 0.4) is 0 Å². The van der Waals surface area contributed by atoms with Gasteiger partial charge in [0.25, 0.3) is 0 Å². The summed E-state index contributed by atoms with van der Waals surface area (Å²) in [5.74, 6) is 0. The van der Waals surface area contributed by atoms with E-state index in [1.165, 1.54) is 82.6 Å². The number of anilines is 3. The van der Waals surface area contributed by atoms with Gasteiger partial charge < -0.3 is 9.47 Å². The molecule has 0 unspecified atom stereocenters. The van der Waals surface area contributed by atoms with E-state index >= 15 is 0 Å². The Kier molecular flexibility index (Phi) is 6.93. The lowest BCUT2D eigenvalue weighted by Gasteiger charge is -2.38. The van der Waals surface area contributed by atoms with Gasteiger partial charge in [0.15, 0.2) is 0 Å². The van der Waals surface area contributed by atoms with E-state index in [0.717, 1.165) is 17.1 Å². The highest BCUT2D eigenvalue weighted by Gasteiger charge is 2.48. The molecule has 2 heteroatoms. The number of aromatic nitrogens is 1. The fraction of sp³-hybridized carbons (Fsp3) is 0.0714. The summed E-state index contributed by atoms with van der Waals surface area (Å²) in [5, 5.41) is 4.89. The van der Waals surface area contributed by atoms with Crippen LogP contribution in [0.25, 0.3) is 54.8 Å². The Morgan fingerprint density at radius 3 is 1.69 bits per heavy atom. The van der Waals surface area contributed by atoms with Crippen LogP contribution in [0.2, 0.25) is 0 Å².